The molecule has 0 amide bonds. The molecule has 0 spiro atoms. The van der Waals surface area contributed by atoms with Crippen molar-refractivity contribution in [1.29, 1.82) is 0 Å². The molecule has 52 heavy (non-hydrogen) atoms. The molecule has 0 heterocycles. The van der Waals surface area contributed by atoms with Gasteiger partial charge in [0.1, 0.15) is 6.54 Å². The summed E-state index contributed by atoms with van der Waals surface area (Å²) in [6, 6.07) is 24.9. The fraction of sp³-hybridized carbons (Fsp3) is 0.244. The van der Waals surface area contributed by atoms with Crippen molar-refractivity contribution < 1.29 is 30.5 Å². The van der Waals surface area contributed by atoms with Crippen LogP contribution in [0.1, 0.15) is 61.1 Å². The Morgan fingerprint density at radius 3 is 1.79 bits per heavy atom. The molecule has 0 aliphatic heterocycles. The Morgan fingerprint density at radius 1 is 0.731 bits per heavy atom. The van der Waals surface area contributed by atoms with E-state index >= 15 is 0 Å². The highest BCUT2D eigenvalue weighted by Crippen LogP contribution is 2.39. The van der Waals surface area contributed by atoms with E-state index in [9.17, 15) is 25.9 Å². The smallest absolute Gasteiger partial charge is 0.294 e. The molecule has 272 valence electrons. The second-order valence-electron chi connectivity index (χ2n) is 13.0. The molecule has 0 atom stereocenters. The van der Waals surface area contributed by atoms with Crippen molar-refractivity contribution in [2.24, 2.45) is 0 Å². The van der Waals surface area contributed by atoms with Gasteiger partial charge < -0.3 is 4.90 Å². The van der Waals surface area contributed by atoms with Crippen molar-refractivity contribution >= 4 is 48.8 Å². The highest BCUT2D eigenvalue weighted by atomic mass is 35.5. The maximum Gasteiger partial charge on any atom is 0.294 e. The van der Waals surface area contributed by atoms with E-state index in [1.54, 1.807) is 12.1 Å². The molecule has 0 radical (unpaired) electrons. The number of aryl methyl sites for hydroxylation is 2. The summed E-state index contributed by atoms with van der Waals surface area (Å²) in [6.07, 6.45) is 4.33. The second kappa shape index (κ2) is 15.7. The molecule has 4 aromatic rings. The Labute approximate surface area is 312 Å². The SMILES string of the molecule is CCN(Cc1cccc(S(=O)(=O)O)c1)c1c(C)cc(C(=C2C=C(C)C(=[N+](CC)Cc3cccc(S(=O)(=O)O)c3)C(C)=C2)c2ccccc2Cl)cc1C. The van der Waals surface area contributed by atoms with E-state index in [1.165, 1.54) is 24.3 Å². The van der Waals surface area contributed by atoms with E-state index in [0.717, 1.165) is 67.1 Å². The predicted molar refractivity (Wildman–Crippen MR) is 210 cm³/mol. The lowest BCUT2D eigenvalue weighted by Crippen LogP contribution is -2.25. The third kappa shape index (κ3) is 8.65. The van der Waals surface area contributed by atoms with Gasteiger partial charge in [0, 0.05) is 46.1 Å². The van der Waals surface area contributed by atoms with Crippen molar-refractivity contribution in [1.82, 2.24) is 0 Å². The number of rotatable bonds is 11. The lowest BCUT2D eigenvalue weighted by Gasteiger charge is -2.28. The molecule has 1 aliphatic carbocycles. The zero-order chi connectivity index (χ0) is 38.0. The van der Waals surface area contributed by atoms with Gasteiger partial charge in [0.15, 0.2) is 6.54 Å². The first-order valence-corrected chi connectivity index (χ1v) is 20.3. The Morgan fingerprint density at radius 2 is 1.27 bits per heavy atom. The summed E-state index contributed by atoms with van der Waals surface area (Å²) in [4.78, 5) is 1.93. The van der Waals surface area contributed by atoms with Crippen LogP contribution in [0.5, 0.6) is 0 Å². The number of nitrogens with zero attached hydrogens (tertiary/aromatic N) is 2. The van der Waals surface area contributed by atoms with Gasteiger partial charge in [-0.25, -0.2) is 4.58 Å². The molecule has 0 fully saturated rings. The Hall–Kier alpha value is -4.32. The molecule has 1 aliphatic rings. The molecule has 11 heteroatoms. The summed E-state index contributed by atoms with van der Waals surface area (Å²) in [5, 5.41) is 0.624. The van der Waals surface area contributed by atoms with Gasteiger partial charge >= 0.3 is 0 Å². The molecule has 4 aromatic carbocycles. The highest BCUT2D eigenvalue weighted by Gasteiger charge is 2.26. The van der Waals surface area contributed by atoms with Gasteiger partial charge in [-0.2, -0.15) is 16.8 Å². The normalized spacial score (nSPS) is 13.5. The molecule has 0 unspecified atom stereocenters. The minimum atomic E-state index is -4.32. The second-order valence-corrected chi connectivity index (χ2v) is 16.3. The minimum absolute atomic E-state index is 0.131. The van der Waals surface area contributed by atoms with Crippen molar-refractivity contribution in [2.45, 2.75) is 64.4 Å². The zero-order valence-corrected chi connectivity index (χ0v) is 32.6. The van der Waals surface area contributed by atoms with E-state index < -0.39 is 20.2 Å². The summed E-state index contributed by atoms with van der Waals surface area (Å²) in [5.41, 5.74) is 11.7. The summed E-state index contributed by atoms with van der Waals surface area (Å²) < 4.78 is 68.6. The zero-order valence-electron chi connectivity index (χ0n) is 30.2. The van der Waals surface area contributed by atoms with Gasteiger partial charge in [0.25, 0.3) is 20.2 Å². The van der Waals surface area contributed by atoms with Crippen LogP contribution in [0.4, 0.5) is 5.69 Å². The van der Waals surface area contributed by atoms with Gasteiger partial charge in [-0.1, -0.05) is 54.1 Å². The van der Waals surface area contributed by atoms with Crippen LogP contribution in [0.25, 0.3) is 5.57 Å². The van der Waals surface area contributed by atoms with E-state index in [0.29, 0.717) is 31.2 Å². The molecule has 0 aromatic heterocycles. The number of hydrogen-bond donors (Lipinski definition) is 2. The first-order valence-electron chi connectivity index (χ1n) is 17.0. The number of benzene rings is 4. The summed E-state index contributed by atoms with van der Waals surface area (Å²) in [5.74, 6) is 0. The number of hydrogen-bond acceptors (Lipinski definition) is 5. The molecular weight excluding hydrogens is 716 g/mol. The third-order valence-corrected chi connectivity index (χ3v) is 11.3. The summed E-state index contributed by atoms with van der Waals surface area (Å²) in [7, 11) is -8.64. The molecular formula is C41H44ClN2O6S2+. The van der Waals surface area contributed by atoms with Gasteiger partial charge in [-0.3, -0.25) is 9.11 Å². The standard InChI is InChI=1S/C41H43ClN2O6S2/c1-7-43(25-31-13-11-15-35(23-31)51(45,46)47)40-27(3)19-33(20-28(40)4)39(37-17-9-10-18-38(37)42)34-21-29(5)41(30(6)22-34)44(8-2)26-32-14-12-16-36(24-32)52(48,49)50/h9-24H,7-8,25-26H2,1-6H3,(H-,45,46,47,48,49,50)/p+1. The summed E-state index contributed by atoms with van der Waals surface area (Å²) in [6.45, 7) is 14.7. The highest BCUT2D eigenvalue weighted by molar-refractivity contribution is 7.86. The van der Waals surface area contributed by atoms with Gasteiger partial charge in [-0.15, -0.1) is 0 Å². The van der Waals surface area contributed by atoms with Crippen LogP contribution in [-0.2, 0) is 33.3 Å². The quantitative estimate of drug-likeness (QED) is 0.116. The van der Waals surface area contributed by atoms with Crippen LogP contribution in [-0.4, -0.2) is 49.3 Å². The maximum absolute atomic E-state index is 11.8. The topological polar surface area (TPSA) is 115 Å². The van der Waals surface area contributed by atoms with Gasteiger partial charge in [0.05, 0.1) is 9.79 Å². The van der Waals surface area contributed by atoms with Crippen molar-refractivity contribution in [3.63, 3.8) is 0 Å². The number of allylic oxidation sites excluding steroid dienone is 5. The fourth-order valence-electron chi connectivity index (χ4n) is 7.09. The minimum Gasteiger partial charge on any atom is -0.367 e. The van der Waals surface area contributed by atoms with Gasteiger partial charge in [0.2, 0.25) is 5.71 Å². The van der Waals surface area contributed by atoms with E-state index in [4.69, 9.17) is 11.6 Å². The monoisotopic (exact) mass is 759 g/mol. The van der Waals surface area contributed by atoms with Crippen LogP contribution in [0.3, 0.4) is 0 Å². The van der Waals surface area contributed by atoms with E-state index in [1.807, 2.05) is 36.4 Å². The van der Waals surface area contributed by atoms with Crippen LogP contribution >= 0.6 is 11.6 Å². The average Bonchev–Trinajstić information content (AvgIpc) is 3.07. The lowest BCUT2D eigenvalue weighted by molar-refractivity contribution is -0.539. The first kappa shape index (κ1) is 38.9. The predicted octanol–water partition coefficient (Wildman–Crippen LogP) is 8.86. The van der Waals surface area contributed by atoms with Crippen LogP contribution < -0.4 is 4.90 Å². The number of anilines is 1. The third-order valence-electron chi connectivity index (χ3n) is 9.24. The number of halogens is 1. The Balaban J connectivity index is 1.61. The van der Waals surface area contributed by atoms with Crippen LogP contribution in [0, 0.1) is 13.8 Å². The molecule has 8 nitrogen and oxygen atoms in total. The van der Waals surface area contributed by atoms with Crippen molar-refractivity contribution in [3.05, 3.63) is 152 Å². The average molecular weight is 760 g/mol. The Kier molecular flexibility index (Phi) is 11.8. The Bertz CT molecular complexity index is 2350. The van der Waals surface area contributed by atoms with Crippen LogP contribution in [0.2, 0.25) is 5.02 Å². The molecule has 0 saturated heterocycles. The van der Waals surface area contributed by atoms with Crippen molar-refractivity contribution in [3.8, 4) is 0 Å². The maximum atomic E-state index is 11.8. The molecule has 5 rings (SSSR count). The van der Waals surface area contributed by atoms with E-state index in [2.05, 4.69) is 75.3 Å². The lowest BCUT2D eigenvalue weighted by atomic mass is 9.85. The van der Waals surface area contributed by atoms with E-state index in [-0.39, 0.29) is 9.79 Å². The fourth-order valence-corrected chi connectivity index (χ4v) is 8.42. The van der Waals surface area contributed by atoms with Gasteiger partial charge in [-0.05, 0) is 130 Å². The first-order chi connectivity index (χ1) is 24.5. The van der Waals surface area contributed by atoms with Crippen LogP contribution in [0.15, 0.2) is 124 Å². The molecule has 0 saturated carbocycles. The largest absolute Gasteiger partial charge is 0.367 e. The summed E-state index contributed by atoms with van der Waals surface area (Å²) >= 11 is 6.90. The van der Waals surface area contributed by atoms with Crippen molar-refractivity contribution in [2.75, 3.05) is 18.0 Å². The molecule has 2 N–H and O–H groups in total. The molecule has 0 bridgehead atoms.